The van der Waals surface area contributed by atoms with Gasteiger partial charge in [-0.3, -0.25) is 0 Å². The second kappa shape index (κ2) is 6.55. The van der Waals surface area contributed by atoms with Gasteiger partial charge in [-0.2, -0.15) is 0 Å². The van der Waals surface area contributed by atoms with Crippen LogP contribution in [0.15, 0.2) is 17.0 Å². The van der Waals surface area contributed by atoms with E-state index in [1.807, 2.05) is 25.3 Å². The van der Waals surface area contributed by atoms with Crippen LogP contribution < -0.4 is 9.47 Å². The van der Waals surface area contributed by atoms with E-state index in [9.17, 15) is 4.79 Å². The Balaban J connectivity index is 3.22. The van der Waals surface area contributed by atoms with Crippen LogP contribution in [-0.4, -0.2) is 26.8 Å². The summed E-state index contributed by atoms with van der Waals surface area (Å²) in [5.41, 5.74) is 1.01. The fourth-order valence-electron chi connectivity index (χ4n) is 1.71. The predicted octanol–water partition coefficient (Wildman–Crippen LogP) is 3.12. The summed E-state index contributed by atoms with van der Waals surface area (Å²) in [6.07, 6.45) is 3.41. The fourth-order valence-corrected chi connectivity index (χ4v) is 2.28. The Morgan fingerprint density at radius 2 is 1.94 bits per heavy atom. The highest BCUT2D eigenvalue weighted by molar-refractivity contribution is 7.98. The van der Waals surface area contributed by atoms with E-state index in [0.29, 0.717) is 6.42 Å². The second-order valence-electron chi connectivity index (χ2n) is 3.75. The van der Waals surface area contributed by atoms with Crippen molar-refractivity contribution in [2.45, 2.75) is 24.2 Å². The molecule has 0 spiro atoms. The molecule has 3 nitrogen and oxygen atoms in total. The number of carbonyl (C=O) groups excluding carboxylic acids is 1. The zero-order valence-corrected chi connectivity index (χ0v) is 11.5. The van der Waals surface area contributed by atoms with Gasteiger partial charge in [-0.05, 0) is 24.3 Å². The van der Waals surface area contributed by atoms with E-state index >= 15 is 0 Å². The predicted molar refractivity (Wildman–Crippen MR) is 70.4 cm³/mol. The van der Waals surface area contributed by atoms with Gasteiger partial charge in [0.2, 0.25) is 0 Å². The van der Waals surface area contributed by atoms with Crippen molar-refractivity contribution in [1.82, 2.24) is 0 Å². The summed E-state index contributed by atoms with van der Waals surface area (Å²) in [6, 6.07) is 3.92. The van der Waals surface area contributed by atoms with Crippen LogP contribution in [0.4, 0.5) is 0 Å². The number of ether oxygens (including phenoxy) is 2. The standard InChI is InChI=1S/C13H18O3S/c1-9(5-6-14)10-7-12(16-3)13(17-4)8-11(10)15-2/h6-9H,5H2,1-4H3. The van der Waals surface area contributed by atoms with Gasteiger partial charge in [0.05, 0.1) is 19.1 Å². The molecular weight excluding hydrogens is 236 g/mol. The van der Waals surface area contributed by atoms with E-state index in [0.717, 1.165) is 28.2 Å². The normalized spacial score (nSPS) is 12.0. The van der Waals surface area contributed by atoms with Crippen molar-refractivity contribution < 1.29 is 14.3 Å². The largest absolute Gasteiger partial charge is 0.496 e. The topological polar surface area (TPSA) is 35.5 Å². The number of rotatable bonds is 6. The Bertz CT molecular complexity index is 390. The Morgan fingerprint density at radius 1 is 1.29 bits per heavy atom. The maximum absolute atomic E-state index is 10.6. The Kier molecular flexibility index (Phi) is 5.35. The van der Waals surface area contributed by atoms with Gasteiger partial charge in [0, 0.05) is 12.0 Å². The van der Waals surface area contributed by atoms with Crippen LogP contribution in [0, 0.1) is 0 Å². The summed E-state index contributed by atoms with van der Waals surface area (Å²) < 4.78 is 10.7. The lowest BCUT2D eigenvalue weighted by Gasteiger charge is -2.17. The molecule has 1 atom stereocenters. The number of hydrogen-bond donors (Lipinski definition) is 0. The van der Waals surface area contributed by atoms with Gasteiger partial charge < -0.3 is 14.3 Å². The highest BCUT2D eigenvalue weighted by Crippen LogP contribution is 2.38. The number of thioether (sulfide) groups is 1. The zero-order chi connectivity index (χ0) is 12.8. The lowest BCUT2D eigenvalue weighted by molar-refractivity contribution is -0.108. The Hall–Kier alpha value is -1.16. The molecule has 1 aromatic carbocycles. The lowest BCUT2D eigenvalue weighted by Crippen LogP contribution is -2.00. The molecular formula is C13H18O3S. The molecule has 1 unspecified atom stereocenters. The molecule has 17 heavy (non-hydrogen) atoms. The summed E-state index contributed by atoms with van der Waals surface area (Å²) in [4.78, 5) is 11.6. The smallest absolute Gasteiger partial charge is 0.132 e. The average Bonchev–Trinajstić information content (AvgIpc) is 2.37. The van der Waals surface area contributed by atoms with Crippen molar-refractivity contribution in [3.63, 3.8) is 0 Å². The van der Waals surface area contributed by atoms with Gasteiger partial charge in [0.1, 0.15) is 17.8 Å². The van der Waals surface area contributed by atoms with Crippen molar-refractivity contribution in [1.29, 1.82) is 0 Å². The van der Waals surface area contributed by atoms with Crippen LogP contribution in [0.3, 0.4) is 0 Å². The minimum atomic E-state index is 0.132. The maximum Gasteiger partial charge on any atom is 0.132 e. The number of aldehydes is 1. The quantitative estimate of drug-likeness (QED) is 0.577. The number of methoxy groups -OCH3 is 2. The van der Waals surface area contributed by atoms with Crippen LogP contribution >= 0.6 is 11.8 Å². The van der Waals surface area contributed by atoms with Crippen molar-refractivity contribution in [2.24, 2.45) is 0 Å². The van der Waals surface area contributed by atoms with Gasteiger partial charge in [-0.25, -0.2) is 0 Å². The fraction of sp³-hybridized carbons (Fsp3) is 0.462. The Morgan fingerprint density at radius 3 is 2.41 bits per heavy atom. The first-order chi connectivity index (χ1) is 8.17. The first-order valence-corrected chi connectivity index (χ1v) is 6.63. The van der Waals surface area contributed by atoms with Gasteiger partial charge in [-0.15, -0.1) is 11.8 Å². The van der Waals surface area contributed by atoms with E-state index in [4.69, 9.17) is 9.47 Å². The summed E-state index contributed by atoms with van der Waals surface area (Å²) in [5, 5.41) is 0. The molecule has 0 saturated carbocycles. The first-order valence-electron chi connectivity index (χ1n) is 5.41. The minimum Gasteiger partial charge on any atom is -0.496 e. The monoisotopic (exact) mass is 254 g/mol. The average molecular weight is 254 g/mol. The molecule has 0 aromatic heterocycles. The lowest BCUT2D eigenvalue weighted by atomic mass is 9.97. The number of hydrogen-bond acceptors (Lipinski definition) is 4. The molecule has 1 aromatic rings. The van der Waals surface area contributed by atoms with Gasteiger partial charge in [0.15, 0.2) is 0 Å². The molecule has 0 saturated heterocycles. The molecule has 0 amide bonds. The summed E-state index contributed by atoms with van der Waals surface area (Å²) >= 11 is 1.61. The first kappa shape index (κ1) is 13.9. The van der Waals surface area contributed by atoms with Crippen LogP contribution in [0.25, 0.3) is 0 Å². The second-order valence-corrected chi connectivity index (χ2v) is 4.60. The van der Waals surface area contributed by atoms with Crippen LogP contribution in [0.1, 0.15) is 24.8 Å². The van der Waals surface area contributed by atoms with E-state index in [2.05, 4.69) is 0 Å². The van der Waals surface area contributed by atoms with Gasteiger partial charge in [0.25, 0.3) is 0 Å². The third-order valence-electron chi connectivity index (χ3n) is 2.72. The van der Waals surface area contributed by atoms with Crippen molar-refractivity contribution in [3.05, 3.63) is 17.7 Å². The summed E-state index contributed by atoms with van der Waals surface area (Å²) in [5.74, 6) is 1.77. The maximum atomic E-state index is 10.6. The number of carbonyl (C=O) groups is 1. The molecule has 1 rings (SSSR count). The third-order valence-corrected chi connectivity index (χ3v) is 3.48. The Labute approximate surface area is 106 Å². The van der Waals surface area contributed by atoms with Gasteiger partial charge in [-0.1, -0.05) is 6.92 Å². The summed E-state index contributed by atoms with van der Waals surface area (Å²) in [6.45, 7) is 2.00. The molecule has 0 bridgehead atoms. The zero-order valence-electron chi connectivity index (χ0n) is 10.6. The number of benzene rings is 1. The molecule has 0 aliphatic heterocycles. The van der Waals surface area contributed by atoms with Gasteiger partial charge >= 0.3 is 0 Å². The van der Waals surface area contributed by atoms with Crippen molar-refractivity contribution in [2.75, 3.05) is 20.5 Å². The van der Waals surface area contributed by atoms with Crippen LogP contribution in [0.5, 0.6) is 11.5 Å². The molecule has 0 aliphatic carbocycles. The minimum absolute atomic E-state index is 0.132. The van der Waals surface area contributed by atoms with E-state index < -0.39 is 0 Å². The third kappa shape index (κ3) is 3.16. The highest BCUT2D eigenvalue weighted by Gasteiger charge is 2.15. The molecule has 0 fully saturated rings. The molecule has 0 heterocycles. The SMILES string of the molecule is COc1cc(C(C)CC=O)c(OC)cc1SC. The van der Waals surface area contributed by atoms with E-state index in [1.54, 1.807) is 26.0 Å². The molecule has 0 aliphatic rings. The van der Waals surface area contributed by atoms with Crippen molar-refractivity contribution >= 4 is 18.0 Å². The van der Waals surface area contributed by atoms with Crippen molar-refractivity contribution in [3.8, 4) is 11.5 Å². The molecule has 0 N–H and O–H groups in total. The molecule has 94 valence electrons. The summed E-state index contributed by atoms with van der Waals surface area (Å²) in [7, 11) is 3.29. The van der Waals surface area contributed by atoms with Crippen LogP contribution in [-0.2, 0) is 4.79 Å². The highest BCUT2D eigenvalue weighted by atomic mass is 32.2. The molecule has 0 radical (unpaired) electrons. The molecule has 4 heteroatoms. The van der Waals surface area contributed by atoms with E-state index in [-0.39, 0.29) is 5.92 Å². The van der Waals surface area contributed by atoms with E-state index in [1.165, 1.54) is 0 Å². The van der Waals surface area contributed by atoms with Crippen LogP contribution in [0.2, 0.25) is 0 Å².